The lowest BCUT2D eigenvalue weighted by Gasteiger charge is -2.38. The van der Waals surface area contributed by atoms with E-state index in [2.05, 4.69) is 28.2 Å². The van der Waals surface area contributed by atoms with Crippen LogP contribution in [-0.2, 0) is 16.8 Å². The van der Waals surface area contributed by atoms with Crippen LogP contribution in [0.5, 0.6) is 5.19 Å². The largest absolute Gasteiger partial charge is 0.462 e. The SMILES string of the molecule is CC1(c2ccc(COc3nnc(N)s3)nc2)COC1. The lowest BCUT2D eigenvalue weighted by atomic mass is 9.82. The van der Waals surface area contributed by atoms with Crippen LogP contribution in [0, 0.1) is 0 Å². The Morgan fingerprint density at radius 1 is 1.42 bits per heavy atom. The van der Waals surface area contributed by atoms with Gasteiger partial charge in [-0.15, -0.1) is 5.10 Å². The number of nitrogens with two attached hydrogens (primary N) is 1. The Labute approximate surface area is 114 Å². The summed E-state index contributed by atoms with van der Waals surface area (Å²) in [6.45, 7) is 4.05. The summed E-state index contributed by atoms with van der Waals surface area (Å²) in [6.07, 6.45) is 1.88. The van der Waals surface area contributed by atoms with Crippen molar-refractivity contribution in [3.05, 3.63) is 29.6 Å². The lowest BCUT2D eigenvalue weighted by Crippen LogP contribution is -2.43. The molecule has 0 amide bonds. The summed E-state index contributed by atoms with van der Waals surface area (Å²) in [6, 6.07) is 4.03. The molecule has 0 aliphatic carbocycles. The molecule has 0 aromatic carbocycles. The first kappa shape index (κ1) is 12.3. The molecule has 2 aromatic rings. The first-order valence-corrected chi connectivity index (χ1v) is 6.72. The van der Waals surface area contributed by atoms with Gasteiger partial charge in [-0.1, -0.05) is 18.1 Å². The third-order valence-corrected chi connectivity index (χ3v) is 3.79. The molecule has 0 unspecified atom stereocenters. The molecule has 3 rings (SSSR count). The maximum Gasteiger partial charge on any atom is 0.296 e. The van der Waals surface area contributed by atoms with Crippen LogP contribution in [0.3, 0.4) is 0 Å². The highest BCUT2D eigenvalue weighted by Gasteiger charge is 2.35. The van der Waals surface area contributed by atoms with Gasteiger partial charge in [-0.05, 0) is 23.0 Å². The van der Waals surface area contributed by atoms with Crippen LogP contribution in [0.15, 0.2) is 18.3 Å². The molecule has 1 aliphatic heterocycles. The first-order chi connectivity index (χ1) is 9.16. The average molecular weight is 278 g/mol. The van der Waals surface area contributed by atoms with Gasteiger partial charge in [-0.2, -0.15) is 0 Å². The number of hydrogen-bond acceptors (Lipinski definition) is 7. The van der Waals surface area contributed by atoms with E-state index in [4.69, 9.17) is 15.2 Å². The minimum atomic E-state index is 0.111. The summed E-state index contributed by atoms with van der Waals surface area (Å²) < 4.78 is 10.7. The average Bonchev–Trinajstić information content (AvgIpc) is 2.80. The summed E-state index contributed by atoms with van der Waals surface area (Å²) in [7, 11) is 0. The fourth-order valence-electron chi connectivity index (χ4n) is 1.86. The Bertz CT molecular complexity index is 565. The molecule has 19 heavy (non-hydrogen) atoms. The zero-order chi connectivity index (χ0) is 13.3. The number of nitrogen functional groups attached to an aromatic ring is 1. The van der Waals surface area contributed by atoms with Gasteiger partial charge in [0, 0.05) is 11.6 Å². The summed E-state index contributed by atoms with van der Waals surface area (Å²) in [4.78, 5) is 4.39. The Morgan fingerprint density at radius 2 is 2.26 bits per heavy atom. The standard InChI is InChI=1S/C12H14N4O2S/c1-12(6-17-7-12)8-2-3-9(14-4-8)5-18-11-16-15-10(13)19-11/h2-4H,5-7H2,1H3,(H2,13,15). The summed E-state index contributed by atoms with van der Waals surface area (Å²) >= 11 is 1.22. The topological polar surface area (TPSA) is 83.2 Å². The zero-order valence-electron chi connectivity index (χ0n) is 10.5. The highest BCUT2D eigenvalue weighted by Crippen LogP contribution is 2.31. The van der Waals surface area contributed by atoms with Gasteiger partial charge in [-0.3, -0.25) is 4.98 Å². The molecule has 1 saturated heterocycles. The minimum Gasteiger partial charge on any atom is -0.462 e. The van der Waals surface area contributed by atoms with E-state index < -0.39 is 0 Å². The summed E-state index contributed by atoms with van der Waals surface area (Å²) in [5, 5.41) is 8.33. The highest BCUT2D eigenvalue weighted by molar-refractivity contribution is 7.16. The predicted molar refractivity (Wildman–Crippen MR) is 71.1 cm³/mol. The highest BCUT2D eigenvalue weighted by atomic mass is 32.1. The maximum atomic E-state index is 5.47. The van der Waals surface area contributed by atoms with Crippen molar-refractivity contribution in [1.29, 1.82) is 0 Å². The second-order valence-electron chi connectivity index (χ2n) is 4.79. The van der Waals surface area contributed by atoms with Gasteiger partial charge in [-0.25, -0.2) is 0 Å². The van der Waals surface area contributed by atoms with Crippen LogP contribution < -0.4 is 10.5 Å². The number of anilines is 1. The molecular weight excluding hydrogens is 264 g/mol. The van der Waals surface area contributed by atoms with E-state index in [-0.39, 0.29) is 5.41 Å². The molecule has 0 atom stereocenters. The molecule has 1 aliphatic rings. The third kappa shape index (κ3) is 2.52. The lowest BCUT2D eigenvalue weighted by molar-refractivity contribution is -0.0501. The summed E-state index contributed by atoms with van der Waals surface area (Å²) in [5.41, 5.74) is 7.63. The van der Waals surface area contributed by atoms with Crippen molar-refractivity contribution in [2.75, 3.05) is 18.9 Å². The molecule has 0 saturated carbocycles. The minimum absolute atomic E-state index is 0.111. The predicted octanol–water partition coefficient (Wildman–Crippen LogP) is 1.38. The van der Waals surface area contributed by atoms with Crippen molar-refractivity contribution in [2.45, 2.75) is 18.9 Å². The monoisotopic (exact) mass is 278 g/mol. The Hall–Kier alpha value is -1.73. The van der Waals surface area contributed by atoms with Crippen molar-refractivity contribution in [2.24, 2.45) is 0 Å². The quantitative estimate of drug-likeness (QED) is 0.909. The van der Waals surface area contributed by atoms with Crippen molar-refractivity contribution < 1.29 is 9.47 Å². The van der Waals surface area contributed by atoms with Gasteiger partial charge in [0.2, 0.25) is 5.13 Å². The zero-order valence-corrected chi connectivity index (χ0v) is 11.3. The van der Waals surface area contributed by atoms with Crippen molar-refractivity contribution >= 4 is 16.5 Å². The van der Waals surface area contributed by atoms with Gasteiger partial charge in [0.05, 0.1) is 18.9 Å². The van der Waals surface area contributed by atoms with Crippen LogP contribution in [0.1, 0.15) is 18.2 Å². The Kier molecular flexibility index (Phi) is 3.08. The van der Waals surface area contributed by atoms with Crippen LogP contribution in [0.2, 0.25) is 0 Å². The molecule has 2 aromatic heterocycles. The fraction of sp³-hybridized carbons (Fsp3) is 0.417. The normalized spacial score (nSPS) is 16.9. The number of rotatable bonds is 4. The van der Waals surface area contributed by atoms with Gasteiger partial charge >= 0.3 is 0 Å². The second kappa shape index (κ2) is 4.75. The maximum absolute atomic E-state index is 5.47. The van der Waals surface area contributed by atoms with E-state index in [1.807, 2.05) is 12.3 Å². The van der Waals surface area contributed by atoms with Gasteiger partial charge < -0.3 is 15.2 Å². The molecule has 0 radical (unpaired) electrons. The van der Waals surface area contributed by atoms with Gasteiger partial charge in [0.15, 0.2) is 0 Å². The van der Waals surface area contributed by atoms with E-state index in [9.17, 15) is 0 Å². The van der Waals surface area contributed by atoms with Crippen LogP contribution in [0.4, 0.5) is 5.13 Å². The van der Waals surface area contributed by atoms with E-state index in [0.717, 1.165) is 18.9 Å². The van der Waals surface area contributed by atoms with Crippen molar-refractivity contribution in [1.82, 2.24) is 15.2 Å². The van der Waals surface area contributed by atoms with Gasteiger partial charge in [0.1, 0.15) is 6.61 Å². The molecule has 2 N–H and O–H groups in total. The van der Waals surface area contributed by atoms with E-state index in [0.29, 0.717) is 16.9 Å². The van der Waals surface area contributed by atoms with Crippen LogP contribution >= 0.6 is 11.3 Å². The van der Waals surface area contributed by atoms with Crippen molar-refractivity contribution in [3.8, 4) is 5.19 Å². The van der Waals surface area contributed by atoms with E-state index in [1.165, 1.54) is 16.9 Å². The van der Waals surface area contributed by atoms with Crippen molar-refractivity contribution in [3.63, 3.8) is 0 Å². The molecule has 0 bridgehead atoms. The molecule has 100 valence electrons. The van der Waals surface area contributed by atoms with E-state index in [1.54, 1.807) is 0 Å². The number of hydrogen-bond donors (Lipinski definition) is 1. The smallest absolute Gasteiger partial charge is 0.296 e. The number of pyridine rings is 1. The molecule has 7 heteroatoms. The number of ether oxygens (including phenoxy) is 2. The van der Waals surface area contributed by atoms with Crippen LogP contribution in [0.25, 0.3) is 0 Å². The molecule has 3 heterocycles. The molecule has 6 nitrogen and oxygen atoms in total. The third-order valence-electron chi connectivity index (χ3n) is 3.13. The summed E-state index contributed by atoms with van der Waals surface area (Å²) in [5.74, 6) is 0. The number of nitrogens with zero attached hydrogens (tertiary/aromatic N) is 3. The van der Waals surface area contributed by atoms with E-state index >= 15 is 0 Å². The van der Waals surface area contributed by atoms with Gasteiger partial charge in [0.25, 0.3) is 5.19 Å². The number of aromatic nitrogens is 3. The van der Waals surface area contributed by atoms with Crippen LogP contribution in [-0.4, -0.2) is 28.4 Å². The fourth-order valence-corrected chi connectivity index (χ4v) is 2.32. The Balaban J connectivity index is 1.63. The molecule has 0 spiro atoms. The Morgan fingerprint density at radius 3 is 2.79 bits per heavy atom. The second-order valence-corrected chi connectivity index (χ2v) is 5.76. The molecular formula is C12H14N4O2S. The first-order valence-electron chi connectivity index (χ1n) is 5.91. The molecule has 1 fully saturated rings.